The molecule has 0 saturated carbocycles. The molecule has 0 atom stereocenters. The molecule has 0 unspecified atom stereocenters. The fraction of sp³-hybridized carbons (Fsp3) is 0.333. The van der Waals surface area contributed by atoms with Gasteiger partial charge in [-0.2, -0.15) is 11.8 Å². The zero-order valence-corrected chi connectivity index (χ0v) is 12.1. The van der Waals surface area contributed by atoms with E-state index in [2.05, 4.69) is 5.16 Å². The zero-order chi connectivity index (χ0) is 14.7. The van der Waals surface area contributed by atoms with Crippen molar-refractivity contribution in [3.63, 3.8) is 0 Å². The largest absolute Gasteiger partial charge is 0.490 e. The van der Waals surface area contributed by atoms with E-state index in [1.807, 2.05) is 36.0 Å². The van der Waals surface area contributed by atoms with E-state index in [1.165, 1.54) is 6.07 Å². The first-order chi connectivity index (χ1) is 10.2. The van der Waals surface area contributed by atoms with Crippen LogP contribution in [0.1, 0.15) is 23.4 Å². The SMILES string of the molecule is O=C(O)c1cc(-c2ccc(OC3CCSCC3)cc2)no1. The summed E-state index contributed by atoms with van der Waals surface area (Å²) in [5.41, 5.74) is 1.31. The molecule has 1 aromatic carbocycles. The molecule has 0 radical (unpaired) electrons. The van der Waals surface area contributed by atoms with Crippen LogP contribution in [-0.2, 0) is 0 Å². The maximum atomic E-state index is 10.8. The molecule has 110 valence electrons. The van der Waals surface area contributed by atoms with Crippen molar-refractivity contribution >= 4 is 17.7 Å². The minimum absolute atomic E-state index is 0.162. The Morgan fingerprint density at radius 1 is 1.29 bits per heavy atom. The Labute approximate surface area is 126 Å². The van der Waals surface area contributed by atoms with E-state index in [0.29, 0.717) is 11.8 Å². The molecule has 1 saturated heterocycles. The number of hydrogen-bond donors (Lipinski definition) is 1. The Kier molecular flexibility index (Phi) is 4.15. The summed E-state index contributed by atoms with van der Waals surface area (Å²) in [6, 6.07) is 8.89. The molecule has 1 N–H and O–H groups in total. The van der Waals surface area contributed by atoms with Crippen LogP contribution < -0.4 is 4.74 Å². The van der Waals surface area contributed by atoms with E-state index in [-0.39, 0.29) is 5.76 Å². The van der Waals surface area contributed by atoms with Gasteiger partial charge in [0.1, 0.15) is 17.5 Å². The second-order valence-electron chi connectivity index (χ2n) is 4.84. The highest BCUT2D eigenvalue weighted by Gasteiger charge is 2.16. The third-order valence-electron chi connectivity index (χ3n) is 3.34. The Balaban J connectivity index is 1.69. The van der Waals surface area contributed by atoms with Crippen LogP contribution in [0.15, 0.2) is 34.9 Å². The Hall–Kier alpha value is -1.95. The zero-order valence-electron chi connectivity index (χ0n) is 11.3. The molecule has 21 heavy (non-hydrogen) atoms. The number of aromatic carboxylic acids is 1. The lowest BCUT2D eigenvalue weighted by Gasteiger charge is -2.22. The number of carboxylic acid groups (broad SMARTS) is 1. The van der Waals surface area contributed by atoms with E-state index < -0.39 is 5.97 Å². The van der Waals surface area contributed by atoms with Gasteiger partial charge in [-0.05, 0) is 48.6 Å². The Bertz CT molecular complexity index is 617. The highest BCUT2D eigenvalue weighted by molar-refractivity contribution is 7.99. The van der Waals surface area contributed by atoms with Gasteiger partial charge in [0.25, 0.3) is 0 Å². The highest BCUT2D eigenvalue weighted by Crippen LogP contribution is 2.25. The summed E-state index contributed by atoms with van der Waals surface area (Å²) < 4.78 is 10.7. The number of aromatic nitrogens is 1. The monoisotopic (exact) mass is 305 g/mol. The number of ether oxygens (including phenoxy) is 1. The number of benzene rings is 1. The van der Waals surface area contributed by atoms with E-state index in [9.17, 15) is 4.79 Å². The van der Waals surface area contributed by atoms with Crippen molar-refractivity contribution in [1.82, 2.24) is 5.16 Å². The van der Waals surface area contributed by atoms with Gasteiger partial charge in [-0.1, -0.05) is 5.16 Å². The standard InChI is InChI=1S/C15H15NO4S/c17-15(18)14-9-13(16-20-14)10-1-3-11(4-2-10)19-12-5-7-21-8-6-12/h1-4,9,12H,5-8H2,(H,17,18). The van der Waals surface area contributed by atoms with Crippen molar-refractivity contribution in [2.75, 3.05) is 11.5 Å². The van der Waals surface area contributed by atoms with Crippen LogP contribution in [0.4, 0.5) is 0 Å². The summed E-state index contributed by atoms with van der Waals surface area (Å²) in [6.07, 6.45) is 2.46. The molecule has 0 spiro atoms. The topological polar surface area (TPSA) is 72.6 Å². The molecule has 0 amide bonds. The fourth-order valence-electron chi connectivity index (χ4n) is 2.20. The van der Waals surface area contributed by atoms with E-state index in [0.717, 1.165) is 35.7 Å². The molecule has 2 heterocycles. The smallest absolute Gasteiger partial charge is 0.374 e. The van der Waals surface area contributed by atoms with Gasteiger partial charge in [0, 0.05) is 11.6 Å². The number of rotatable bonds is 4. The van der Waals surface area contributed by atoms with E-state index in [4.69, 9.17) is 14.4 Å². The molecular formula is C15H15NO4S. The van der Waals surface area contributed by atoms with Crippen LogP contribution in [-0.4, -0.2) is 33.8 Å². The van der Waals surface area contributed by atoms with Crippen LogP contribution in [0.25, 0.3) is 11.3 Å². The number of hydrogen-bond acceptors (Lipinski definition) is 5. The summed E-state index contributed by atoms with van der Waals surface area (Å²) in [4.78, 5) is 10.8. The van der Waals surface area contributed by atoms with Gasteiger partial charge in [0.05, 0.1) is 0 Å². The number of thioether (sulfide) groups is 1. The molecule has 1 aliphatic heterocycles. The Morgan fingerprint density at radius 2 is 2.00 bits per heavy atom. The molecule has 2 aromatic rings. The average Bonchev–Trinajstić information content (AvgIpc) is 2.99. The normalized spacial score (nSPS) is 15.8. The summed E-state index contributed by atoms with van der Waals surface area (Å²) in [5.74, 6) is 1.85. The molecular weight excluding hydrogens is 290 g/mol. The summed E-state index contributed by atoms with van der Waals surface area (Å²) >= 11 is 1.97. The van der Waals surface area contributed by atoms with Gasteiger partial charge in [0.2, 0.25) is 5.76 Å². The first-order valence-electron chi connectivity index (χ1n) is 6.77. The van der Waals surface area contributed by atoms with Crippen molar-refractivity contribution in [1.29, 1.82) is 0 Å². The minimum atomic E-state index is -1.12. The second kappa shape index (κ2) is 6.22. The van der Waals surface area contributed by atoms with Gasteiger partial charge in [0.15, 0.2) is 0 Å². The first kappa shape index (κ1) is 14.0. The van der Waals surface area contributed by atoms with Crippen molar-refractivity contribution < 1.29 is 19.2 Å². The summed E-state index contributed by atoms with van der Waals surface area (Å²) in [7, 11) is 0. The minimum Gasteiger partial charge on any atom is -0.490 e. The number of nitrogens with zero attached hydrogens (tertiary/aromatic N) is 1. The molecule has 1 aromatic heterocycles. The number of carboxylic acids is 1. The van der Waals surface area contributed by atoms with Crippen LogP contribution in [0.5, 0.6) is 5.75 Å². The lowest BCUT2D eigenvalue weighted by Crippen LogP contribution is -2.21. The van der Waals surface area contributed by atoms with Crippen molar-refractivity contribution in [2.24, 2.45) is 0 Å². The lowest BCUT2D eigenvalue weighted by molar-refractivity contribution is 0.0652. The first-order valence-corrected chi connectivity index (χ1v) is 7.93. The maximum absolute atomic E-state index is 10.8. The molecule has 1 fully saturated rings. The number of carbonyl (C=O) groups is 1. The second-order valence-corrected chi connectivity index (χ2v) is 6.06. The summed E-state index contributed by atoms with van der Waals surface area (Å²) in [6.45, 7) is 0. The van der Waals surface area contributed by atoms with Crippen LogP contribution in [0.2, 0.25) is 0 Å². The van der Waals surface area contributed by atoms with Gasteiger partial charge < -0.3 is 14.4 Å². The maximum Gasteiger partial charge on any atom is 0.374 e. The van der Waals surface area contributed by atoms with Crippen LogP contribution in [0.3, 0.4) is 0 Å². The van der Waals surface area contributed by atoms with E-state index in [1.54, 1.807) is 0 Å². The van der Waals surface area contributed by atoms with Gasteiger partial charge >= 0.3 is 5.97 Å². The third-order valence-corrected chi connectivity index (χ3v) is 4.39. The van der Waals surface area contributed by atoms with Gasteiger partial charge in [-0.15, -0.1) is 0 Å². The molecule has 6 heteroatoms. The Morgan fingerprint density at radius 3 is 2.62 bits per heavy atom. The predicted molar refractivity (Wildman–Crippen MR) is 79.9 cm³/mol. The quantitative estimate of drug-likeness (QED) is 0.934. The van der Waals surface area contributed by atoms with E-state index >= 15 is 0 Å². The van der Waals surface area contributed by atoms with Gasteiger partial charge in [-0.3, -0.25) is 0 Å². The molecule has 3 rings (SSSR count). The fourth-order valence-corrected chi connectivity index (χ4v) is 3.27. The van der Waals surface area contributed by atoms with Crippen LogP contribution >= 0.6 is 11.8 Å². The molecule has 5 nitrogen and oxygen atoms in total. The van der Waals surface area contributed by atoms with Crippen LogP contribution in [0, 0.1) is 0 Å². The summed E-state index contributed by atoms with van der Waals surface area (Å²) in [5, 5.41) is 12.6. The molecule has 0 aliphatic carbocycles. The van der Waals surface area contributed by atoms with Crippen molar-refractivity contribution in [3.8, 4) is 17.0 Å². The van der Waals surface area contributed by atoms with Crippen molar-refractivity contribution in [2.45, 2.75) is 18.9 Å². The molecule has 1 aliphatic rings. The van der Waals surface area contributed by atoms with Gasteiger partial charge in [-0.25, -0.2) is 4.79 Å². The highest BCUT2D eigenvalue weighted by atomic mass is 32.2. The third kappa shape index (κ3) is 3.39. The average molecular weight is 305 g/mol. The molecule has 0 bridgehead atoms. The predicted octanol–water partition coefficient (Wildman–Crippen LogP) is 3.31. The lowest BCUT2D eigenvalue weighted by atomic mass is 10.1. The van der Waals surface area contributed by atoms with Crippen molar-refractivity contribution in [3.05, 3.63) is 36.1 Å².